The number of sulfone groups is 1. The average molecular weight is 357 g/mol. The molecule has 0 bridgehead atoms. The van der Waals surface area contributed by atoms with Crippen LogP contribution in [0.4, 0.5) is 5.69 Å². The Balaban J connectivity index is 1.77. The monoisotopic (exact) mass is 357 g/mol. The van der Waals surface area contributed by atoms with E-state index in [9.17, 15) is 18.0 Å². The summed E-state index contributed by atoms with van der Waals surface area (Å²) in [5.74, 6) is -1.01. The normalized spacial score (nSPS) is 19.3. The van der Waals surface area contributed by atoms with E-state index in [0.29, 0.717) is 12.1 Å². The molecular weight excluding hydrogens is 338 g/mol. The van der Waals surface area contributed by atoms with E-state index >= 15 is 0 Å². The lowest BCUT2D eigenvalue weighted by atomic mass is 10.1. The number of rotatable bonds is 6. The minimum absolute atomic E-state index is 0.0232. The topological polar surface area (TPSA) is 89.5 Å². The Bertz CT molecular complexity index is 687. The van der Waals surface area contributed by atoms with Gasteiger partial charge in [0, 0.05) is 11.3 Å². The van der Waals surface area contributed by atoms with E-state index in [2.05, 4.69) is 5.32 Å². The van der Waals surface area contributed by atoms with Crippen LogP contribution in [0.5, 0.6) is 0 Å². The molecule has 8 heteroatoms. The van der Waals surface area contributed by atoms with Crippen LogP contribution in [0.15, 0.2) is 29.2 Å². The number of esters is 1. The summed E-state index contributed by atoms with van der Waals surface area (Å²) in [7, 11) is -3.01. The molecule has 0 aromatic heterocycles. The SMILES string of the molecule is CSc1ccccc1NC(=O)COC(=O)C[C@H]1CCS(=O)(=O)C1. The highest BCUT2D eigenvalue weighted by Crippen LogP contribution is 2.24. The highest BCUT2D eigenvalue weighted by Gasteiger charge is 2.29. The summed E-state index contributed by atoms with van der Waals surface area (Å²) in [6.45, 7) is -0.374. The molecule has 1 aliphatic rings. The zero-order chi connectivity index (χ0) is 16.9. The Morgan fingerprint density at radius 3 is 2.74 bits per heavy atom. The predicted molar refractivity (Wildman–Crippen MR) is 89.2 cm³/mol. The summed E-state index contributed by atoms with van der Waals surface area (Å²) in [6.07, 6.45) is 2.42. The number of hydrogen-bond acceptors (Lipinski definition) is 6. The molecule has 0 aliphatic carbocycles. The lowest BCUT2D eigenvalue weighted by Crippen LogP contribution is -2.22. The first-order valence-electron chi connectivity index (χ1n) is 7.18. The van der Waals surface area contributed by atoms with Gasteiger partial charge in [0.25, 0.3) is 5.91 Å². The smallest absolute Gasteiger partial charge is 0.306 e. The third-order valence-corrected chi connectivity index (χ3v) is 6.16. The van der Waals surface area contributed by atoms with Crippen molar-refractivity contribution in [2.45, 2.75) is 17.7 Å². The zero-order valence-electron chi connectivity index (χ0n) is 12.8. The number of benzene rings is 1. The highest BCUT2D eigenvalue weighted by atomic mass is 32.2. The molecule has 23 heavy (non-hydrogen) atoms. The second-order valence-electron chi connectivity index (χ2n) is 5.38. The summed E-state index contributed by atoms with van der Waals surface area (Å²) in [6, 6.07) is 7.33. The number of nitrogens with one attached hydrogen (secondary N) is 1. The van der Waals surface area contributed by atoms with Gasteiger partial charge < -0.3 is 10.1 Å². The molecule has 1 aliphatic heterocycles. The van der Waals surface area contributed by atoms with Crippen molar-refractivity contribution < 1.29 is 22.7 Å². The van der Waals surface area contributed by atoms with Crippen molar-refractivity contribution in [3.63, 3.8) is 0 Å². The molecule has 6 nitrogen and oxygen atoms in total. The highest BCUT2D eigenvalue weighted by molar-refractivity contribution is 7.98. The Morgan fingerprint density at radius 1 is 1.35 bits per heavy atom. The van der Waals surface area contributed by atoms with Gasteiger partial charge in [-0.2, -0.15) is 0 Å². The van der Waals surface area contributed by atoms with Gasteiger partial charge in [0.1, 0.15) is 0 Å². The molecule has 1 amide bonds. The molecule has 2 rings (SSSR count). The first-order chi connectivity index (χ1) is 10.9. The number of ether oxygens (including phenoxy) is 1. The van der Waals surface area contributed by atoms with Gasteiger partial charge in [0.15, 0.2) is 16.4 Å². The molecular formula is C15H19NO5S2. The first-order valence-corrected chi connectivity index (χ1v) is 10.2. The number of para-hydroxylation sites is 1. The Labute approximate surface area is 139 Å². The Kier molecular flexibility index (Phi) is 6.06. The van der Waals surface area contributed by atoms with Crippen LogP contribution in [0.25, 0.3) is 0 Å². The number of anilines is 1. The van der Waals surface area contributed by atoms with Crippen LogP contribution in [-0.4, -0.2) is 44.7 Å². The number of amides is 1. The molecule has 126 valence electrons. The molecule has 0 radical (unpaired) electrons. The quantitative estimate of drug-likeness (QED) is 0.616. The lowest BCUT2D eigenvalue weighted by molar-refractivity contribution is -0.148. The fourth-order valence-electron chi connectivity index (χ4n) is 2.41. The summed E-state index contributed by atoms with van der Waals surface area (Å²) in [5, 5.41) is 2.69. The van der Waals surface area contributed by atoms with Gasteiger partial charge in [-0.3, -0.25) is 9.59 Å². The maximum Gasteiger partial charge on any atom is 0.306 e. The van der Waals surface area contributed by atoms with E-state index in [0.717, 1.165) is 4.90 Å². The molecule has 1 atom stereocenters. The molecule has 1 aromatic carbocycles. The molecule has 0 saturated carbocycles. The predicted octanol–water partition coefficient (Wildman–Crippen LogP) is 1.71. The van der Waals surface area contributed by atoms with Crippen molar-refractivity contribution in [3.8, 4) is 0 Å². The minimum atomic E-state index is -3.01. The van der Waals surface area contributed by atoms with E-state index in [1.807, 2.05) is 24.5 Å². The van der Waals surface area contributed by atoms with Crippen molar-refractivity contribution in [2.24, 2.45) is 5.92 Å². The van der Waals surface area contributed by atoms with Crippen LogP contribution >= 0.6 is 11.8 Å². The third kappa shape index (κ3) is 5.54. The van der Waals surface area contributed by atoms with Crippen LogP contribution in [0.3, 0.4) is 0 Å². The van der Waals surface area contributed by atoms with Crippen LogP contribution in [0.1, 0.15) is 12.8 Å². The van der Waals surface area contributed by atoms with Crippen LogP contribution in [0, 0.1) is 5.92 Å². The van der Waals surface area contributed by atoms with E-state index in [-0.39, 0.29) is 30.5 Å². The fourth-order valence-corrected chi connectivity index (χ4v) is 4.82. The van der Waals surface area contributed by atoms with Gasteiger partial charge in [-0.25, -0.2) is 8.42 Å². The zero-order valence-corrected chi connectivity index (χ0v) is 14.4. The van der Waals surface area contributed by atoms with Gasteiger partial charge >= 0.3 is 5.97 Å². The third-order valence-electron chi connectivity index (χ3n) is 3.53. The molecule has 0 unspecified atom stereocenters. The summed E-state index contributed by atoms with van der Waals surface area (Å²) >= 11 is 1.50. The molecule has 1 aromatic rings. The summed E-state index contributed by atoms with van der Waals surface area (Å²) in [5.41, 5.74) is 0.669. The molecule has 1 fully saturated rings. The minimum Gasteiger partial charge on any atom is -0.456 e. The van der Waals surface area contributed by atoms with Gasteiger partial charge in [0.2, 0.25) is 0 Å². The molecule has 1 N–H and O–H groups in total. The van der Waals surface area contributed by atoms with Crippen LogP contribution in [-0.2, 0) is 24.2 Å². The van der Waals surface area contributed by atoms with Crippen molar-refractivity contribution in [1.82, 2.24) is 0 Å². The summed E-state index contributed by atoms with van der Waals surface area (Å²) < 4.78 is 27.6. The van der Waals surface area contributed by atoms with Gasteiger partial charge in [-0.05, 0) is 30.7 Å². The molecule has 1 heterocycles. The fraction of sp³-hybridized carbons (Fsp3) is 0.467. The molecule has 0 spiro atoms. The van der Waals surface area contributed by atoms with Crippen LogP contribution < -0.4 is 5.32 Å². The van der Waals surface area contributed by atoms with Crippen LogP contribution in [0.2, 0.25) is 0 Å². The Morgan fingerprint density at radius 2 is 2.09 bits per heavy atom. The number of thioether (sulfide) groups is 1. The van der Waals surface area contributed by atoms with E-state index in [4.69, 9.17) is 4.74 Å². The number of carbonyl (C=O) groups excluding carboxylic acids is 2. The standard InChI is InChI=1S/C15H19NO5S2/c1-22-13-5-3-2-4-12(13)16-14(17)9-21-15(18)8-11-6-7-23(19,20)10-11/h2-5,11H,6-10H2,1H3,(H,16,17)/t11-/m1/s1. The number of hydrogen-bond donors (Lipinski definition) is 1. The maximum atomic E-state index is 11.8. The van der Waals surface area contributed by atoms with E-state index < -0.39 is 21.7 Å². The van der Waals surface area contributed by atoms with E-state index in [1.165, 1.54) is 11.8 Å². The largest absolute Gasteiger partial charge is 0.456 e. The summed E-state index contributed by atoms with van der Waals surface area (Å²) in [4.78, 5) is 24.4. The molecule has 1 saturated heterocycles. The van der Waals surface area contributed by atoms with E-state index in [1.54, 1.807) is 6.07 Å². The van der Waals surface area contributed by atoms with Crippen molar-refractivity contribution in [3.05, 3.63) is 24.3 Å². The lowest BCUT2D eigenvalue weighted by Gasteiger charge is -2.10. The maximum absolute atomic E-state index is 11.8. The van der Waals surface area contributed by atoms with Gasteiger partial charge in [0.05, 0.1) is 17.2 Å². The van der Waals surface area contributed by atoms with Crippen molar-refractivity contribution in [1.29, 1.82) is 0 Å². The Hall–Kier alpha value is -1.54. The number of carbonyl (C=O) groups is 2. The second-order valence-corrected chi connectivity index (χ2v) is 8.46. The van der Waals surface area contributed by atoms with Crippen molar-refractivity contribution >= 4 is 39.2 Å². The average Bonchev–Trinajstić information content (AvgIpc) is 2.84. The van der Waals surface area contributed by atoms with Crippen molar-refractivity contribution in [2.75, 3.05) is 29.7 Å². The first kappa shape index (κ1) is 17.8. The van der Waals surface area contributed by atoms with Gasteiger partial charge in [-0.15, -0.1) is 11.8 Å². The van der Waals surface area contributed by atoms with Gasteiger partial charge in [-0.1, -0.05) is 12.1 Å². The second kappa shape index (κ2) is 7.83.